The number of benzene rings is 1. The van der Waals surface area contributed by atoms with Gasteiger partial charge in [0, 0.05) is 7.05 Å². The quantitative estimate of drug-likeness (QED) is 0.885. The predicted molar refractivity (Wildman–Crippen MR) is 83.6 cm³/mol. The van der Waals surface area contributed by atoms with Crippen LogP contribution in [0.3, 0.4) is 0 Å². The lowest BCUT2D eigenvalue weighted by atomic mass is 9.87. The van der Waals surface area contributed by atoms with E-state index in [0.717, 1.165) is 5.75 Å². The van der Waals surface area contributed by atoms with Crippen LogP contribution in [-0.2, 0) is 23.2 Å². The molecule has 0 atom stereocenters. The summed E-state index contributed by atoms with van der Waals surface area (Å²) in [6.45, 7) is 6.80. The number of nitrogens with one attached hydrogen (secondary N) is 2. The molecule has 1 amide bonds. The van der Waals surface area contributed by atoms with Crippen molar-refractivity contribution in [2.75, 3.05) is 7.05 Å². The van der Waals surface area contributed by atoms with E-state index in [1.807, 2.05) is 12.1 Å². The van der Waals surface area contributed by atoms with Crippen LogP contribution in [0, 0.1) is 0 Å². The number of carbonyl (C=O) groups is 1. The molecule has 0 aliphatic carbocycles. The van der Waals surface area contributed by atoms with Crippen LogP contribution in [-0.4, -0.2) is 28.1 Å². The molecule has 6 heteroatoms. The molecular formula is C16H22N4O2. The first-order valence-electron chi connectivity index (χ1n) is 7.22. The smallest absolute Gasteiger partial charge is 0.227 e. The molecule has 1 aromatic heterocycles. The van der Waals surface area contributed by atoms with Gasteiger partial charge in [-0.1, -0.05) is 32.9 Å². The van der Waals surface area contributed by atoms with Crippen LogP contribution in [0.25, 0.3) is 0 Å². The Morgan fingerprint density at radius 1 is 1.27 bits per heavy atom. The summed E-state index contributed by atoms with van der Waals surface area (Å²) in [5, 5.41) is 9.29. The minimum Gasteiger partial charge on any atom is -0.486 e. The Morgan fingerprint density at radius 2 is 1.95 bits per heavy atom. The van der Waals surface area contributed by atoms with Crippen molar-refractivity contribution in [3.63, 3.8) is 0 Å². The zero-order valence-corrected chi connectivity index (χ0v) is 13.4. The number of likely N-dealkylation sites (N-methyl/N-ethyl adjacent to an activating group) is 1. The summed E-state index contributed by atoms with van der Waals surface area (Å²) in [5.41, 5.74) is 1.38. The second-order valence-corrected chi connectivity index (χ2v) is 6.11. The maximum Gasteiger partial charge on any atom is 0.227 e. The third-order valence-corrected chi connectivity index (χ3v) is 3.27. The predicted octanol–water partition coefficient (Wildman–Crippen LogP) is 1.97. The number of aromatic amines is 1. The summed E-state index contributed by atoms with van der Waals surface area (Å²) in [4.78, 5) is 15.5. The molecule has 0 radical (unpaired) electrons. The van der Waals surface area contributed by atoms with Crippen LogP contribution < -0.4 is 10.1 Å². The van der Waals surface area contributed by atoms with Crippen LogP contribution in [0.5, 0.6) is 5.75 Å². The number of aromatic nitrogens is 3. The highest BCUT2D eigenvalue weighted by Gasteiger charge is 2.13. The summed E-state index contributed by atoms with van der Waals surface area (Å²) in [6, 6.07) is 8.02. The Labute approximate surface area is 130 Å². The standard InChI is InChI=1S/C16H22N4O2/c1-16(2,3)11-5-7-12(8-6-11)22-10-14-18-13(19-20-14)9-15(21)17-4/h5-8H,9-10H2,1-4H3,(H,17,21)(H,18,19,20). The number of rotatable bonds is 5. The SMILES string of the molecule is CNC(=O)Cc1n[nH]c(COc2ccc(C(C)(C)C)cc2)n1. The van der Waals surface area contributed by atoms with E-state index in [-0.39, 0.29) is 24.3 Å². The average molecular weight is 302 g/mol. The molecule has 1 heterocycles. The van der Waals surface area contributed by atoms with E-state index in [4.69, 9.17) is 4.74 Å². The summed E-state index contributed by atoms with van der Waals surface area (Å²) < 4.78 is 5.67. The minimum absolute atomic E-state index is 0.121. The van der Waals surface area contributed by atoms with E-state index in [1.165, 1.54) is 5.56 Å². The van der Waals surface area contributed by atoms with E-state index in [0.29, 0.717) is 11.6 Å². The van der Waals surface area contributed by atoms with Crippen molar-refractivity contribution < 1.29 is 9.53 Å². The fourth-order valence-electron chi connectivity index (χ4n) is 1.91. The molecule has 0 aliphatic heterocycles. The lowest BCUT2D eigenvalue weighted by Crippen LogP contribution is -2.20. The third-order valence-electron chi connectivity index (χ3n) is 3.27. The van der Waals surface area contributed by atoms with Gasteiger partial charge in [0.1, 0.15) is 12.4 Å². The Bertz CT molecular complexity index is 626. The number of hydrogen-bond donors (Lipinski definition) is 2. The van der Waals surface area contributed by atoms with Gasteiger partial charge in [0.2, 0.25) is 5.91 Å². The molecule has 0 saturated heterocycles. The van der Waals surface area contributed by atoms with Gasteiger partial charge in [-0.05, 0) is 23.1 Å². The van der Waals surface area contributed by atoms with E-state index in [2.05, 4.69) is 53.4 Å². The zero-order valence-electron chi connectivity index (χ0n) is 13.4. The highest BCUT2D eigenvalue weighted by Crippen LogP contribution is 2.24. The lowest BCUT2D eigenvalue weighted by molar-refractivity contribution is -0.120. The number of carbonyl (C=O) groups excluding carboxylic acids is 1. The second-order valence-electron chi connectivity index (χ2n) is 6.11. The normalized spacial score (nSPS) is 11.3. The molecule has 2 aromatic rings. The van der Waals surface area contributed by atoms with Gasteiger partial charge in [0.15, 0.2) is 11.6 Å². The third kappa shape index (κ3) is 4.31. The molecule has 1 aromatic carbocycles. The maximum atomic E-state index is 11.2. The van der Waals surface area contributed by atoms with Gasteiger partial charge >= 0.3 is 0 Å². The highest BCUT2D eigenvalue weighted by molar-refractivity contribution is 5.77. The van der Waals surface area contributed by atoms with Gasteiger partial charge < -0.3 is 10.1 Å². The van der Waals surface area contributed by atoms with Crippen LogP contribution in [0.1, 0.15) is 38.0 Å². The number of amides is 1. The van der Waals surface area contributed by atoms with Gasteiger partial charge in [-0.3, -0.25) is 9.89 Å². The number of nitrogens with zero attached hydrogens (tertiary/aromatic N) is 2. The summed E-state index contributed by atoms with van der Waals surface area (Å²) >= 11 is 0. The number of ether oxygens (including phenoxy) is 1. The van der Waals surface area contributed by atoms with Crippen molar-refractivity contribution >= 4 is 5.91 Å². The molecule has 2 N–H and O–H groups in total. The highest BCUT2D eigenvalue weighted by atomic mass is 16.5. The molecule has 2 rings (SSSR count). The van der Waals surface area contributed by atoms with Gasteiger partial charge in [-0.15, -0.1) is 0 Å². The largest absolute Gasteiger partial charge is 0.486 e. The Hall–Kier alpha value is -2.37. The molecule has 118 valence electrons. The molecule has 0 bridgehead atoms. The van der Waals surface area contributed by atoms with Crippen molar-refractivity contribution in [1.82, 2.24) is 20.5 Å². The second kappa shape index (κ2) is 6.60. The molecule has 0 saturated carbocycles. The van der Waals surface area contributed by atoms with Crippen LogP contribution in [0.15, 0.2) is 24.3 Å². The van der Waals surface area contributed by atoms with E-state index < -0.39 is 0 Å². The van der Waals surface area contributed by atoms with E-state index in [9.17, 15) is 4.79 Å². The Morgan fingerprint density at radius 3 is 2.55 bits per heavy atom. The van der Waals surface area contributed by atoms with Crippen LogP contribution >= 0.6 is 0 Å². The summed E-state index contributed by atoms with van der Waals surface area (Å²) in [5.74, 6) is 1.71. The first-order valence-corrected chi connectivity index (χ1v) is 7.22. The Kier molecular flexibility index (Phi) is 4.80. The lowest BCUT2D eigenvalue weighted by Gasteiger charge is -2.19. The maximum absolute atomic E-state index is 11.2. The monoisotopic (exact) mass is 302 g/mol. The van der Waals surface area contributed by atoms with Crippen molar-refractivity contribution in [2.24, 2.45) is 0 Å². The molecule has 0 aliphatic rings. The molecule has 0 fully saturated rings. The van der Waals surface area contributed by atoms with Gasteiger partial charge in [0.05, 0.1) is 6.42 Å². The average Bonchev–Trinajstić information content (AvgIpc) is 2.92. The summed E-state index contributed by atoms with van der Waals surface area (Å²) in [7, 11) is 1.58. The molecule has 6 nitrogen and oxygen atoms in total. The van der Waals surface area contributed by atoms with Gasteiger partial charge in [-0.25, -0.2) is 4.98 Å². The fraction of sp³-hybridized carbons (Fsp3) is 0.438. The molecule has 22 heavy (non-hydrogen) atoms. The first kappa shape index (κ1) is 16.0. The van der Waals surface area contributed by atoms with E-state index in [1.54, 1.807) is 7.05 Å². The van der Waals surface area contributed by atoms with Crippen LogP contribution in [0.2, 0.25) is 0 Å². The topological polar surface area (TPSA) is 79.9 Å². The van der Waals surface area contributed by atoms with Crippen molar-refractivity contribution in [3.8, 4) is 5.75 Å². The van der Waals surface area contributed by atoms with Crippen LogP contribution in [0.4, 0.5) is 0 Å². The van der Waals surface area contributed by atoms with Gasteiger partial charge in [-0.2, -0.15) is 5.10 Å². The van der Waals surface area contributed by atoms with E-state index >= 15 is 0 Å². The van der Waals surface area contributed by atoms with Gasteiger partial charge in [0.25, 0.3) is 0 Å². The molecule has 0 unspecified atom stereocenters. The Balaban J connectivity index is 1.91. The fourth-order valence-corrected chi connectivity index (χ4v) is 1.91. The van der Waals surface area contributed by atoms with Crippen molar-refractivity contribution in [1.29, 1.82) is 0 Å². The number of H-pyrrole nitrogens is 1. The minimum atomic E-state index is -0.121. The van der Waals surface area contributed by atoms with Crippen molar-refractivity contribution in [2.45, 2.75) is 39.2 Å². The number of hydrogen-bond acceptors (Lipinski definition) is 4. The molecule has 0 spiro atoms. The zero-order chi connectivity index (χ0) is 16.2. The first-order chi connectivity index (χ1) is 10.4. The van der Waals surface area contributed by atoms with Crippen molar-refractivity contribution in [3.05, 3.63) is 41.5 Å². The molecular weight excluding hydrogens is 280 g/mol. The summed E-state index contributed by atoms with van der Waals surface area (Å²) in [6.07, 6.45) is 0.160.